The minimum atomic E-state index is 0.0920. The number of H-pyrrole nitrogens is 1. The molecule has 1 saturated heterocycles. The number of aromatic amines is 1. The van der Waals surface area contributed by atoms with Crippen LogP contribution in [-0.2, 0) is 4.74 Å². The Morgan fingerprint density at radius 1 is 1.28 bits per heavy atom. The second-order valence-corrected chi connectivity index (χ2v) is 4.35. The first kappa shape index (κ1) is 11.3. The predicted molar refractivity (Wildman–Crippen MR) is 67.1 cm³/mol. The molecule has 18 heavy (non-hydrogen) atoms. The van der Waals surface area contributed by atoms with Gasteiger partial charge in [0.2, 0.25) is 0 Å². The van der Waals surface area contributed by atoms with E-state index in [1.54, 1.807) is 14.2 Å². The molecule has 1 aromatic carbocycles. The number of aromatic nitrogens is 2. The van der Waals surface area contributed by atoms with E-state index in [0.29, 0.717) is 11.5 Å². The van der Waals surface area contributed by atoms with Crippen LogP contribution in [0, 0.1) is 0 Å². The third-order valence-corrected chi connectivity index (χ3v) is 3.24. The van der Waals surface area contributed by atoms with E-state index in [0.717, 1.165) is 36.3 Å². The van der Waals surface area contributed by atoms with E-state index in [2.05, 4.69) is 9.97 Å². The molecule has 0 aliphatic carbocycles. The summed E-state index contributed by atoms with van der Waals surface area (Å²) in [4.78, 5) is 7.85. The number of hydrogen-bond donors (Lipinski definition) is 1. The van der Waals surface area contributed by atoms with E-state index in [9.17, 15) is 0 Å². The minimum absolute atomic E-state index is 0.0920. The van der Waals surface area contributed by atoms with E-state index < -0.39 is 0 Å². The maximum absolute atomic E-state index is 5.63. The molecule has 2 aromatic rings. The van der Waals surface area contributed by atoms with E-state index in [1.807, 2.05) is 12.1 Å². The molecule has 0 radical (unpaired) electrons. The van der Waals surface area contributed by atoms with Crippen molar-refractivity contribution < 1.29 is 14.2 Å². The number of rotatable bonds is 3. The standard InChI is InChI=1S/C13H16N2O3/c1-16-11-6-8-9(7-12(11)17-2)15-13(14-8)10-4-3-5-18-10/h6-7,10H,3-5H2,1-2H3,(H,14,15). The van der Waals surface area contributed by atoms with Crippen molar-refractivity contribution in [3.05, 3.63) is 18.0 Å². The van der Waals surface area contributed by atoms with Crippen LogP contribution in [0.15, 0.2) is 12.1 Å². The quantitative estimate of drug-likeness (QED) is 0.906. The molecule has 3 rings (SSSR count). The fourth-order valence-corrected chi connectivity index (χ4v) is 2.30. The van der Waals surface area contributed by atoms with Gasteiger partial charge in [0.25, 0.3) is 0 Å². The highest BCUT2D eigenvalue weighted by Gasteiger charge is 2.21. The molecule has 1 aromatic heterocycles. The van der Waals surface area contributed by atoms with Crippen molar-refractivity contribution in [1.82, 2.24) is 9.97 Å². The lowest BCUT2D eigenvalue weighted by Gasteiger charge is -2.06. The van der Waals surface area contributed by atoms with Gasteiger partial charge in [0, 0.05) is 18.7 Å². The summed E-state index contributed by atoms with van der Waals surface area (Å²) in [5.41, 5.74) is 1.82. The summed E-state index contributed by atoms with van der Waals surface area (Å²) in [7, 11) is 3.25. The first-order chi connectivity index (χ1) is 8.81. The van der Waals surface area contributed by atoms with Crippen LogP contribution in [-0.4, -0.2) is 30.8 Å². The lowest BCUT2D eigenvalue weighted by molar-refractivity contribution is 0.106. The fourth-order valence-electron chi connectivity index (χ4n) is 2.30. The smallest absolute Gasteiger partial charge is 0.163 e. The zero-order valence-corrected chi connectivity index (χ0v) is 10.5. The van der Waals surface area contributed by atoms with Crippen LogP contribution in [0.2, 0.25) is 0 Å². The van der Waals surface area contributed by atoms with Crippen LogP contribution in [0.1, 0.15) is 24.8 Å². The van der Waals surface area contributed by atoms with E-state index >= 15 is 0 Å². The Morgan fingerprint density at radius 2 is 2.06 bits per heavy atom. The molecule has 1 N–H and O–H groups in total. The Kier molecular flexibility index (Phi) is 2.83. The summed E-state index contributed by atoms with van der Waals surface area (Å²) < 4.78 is 16.2. The van der Waals surface area contributed by atoms with Gasteiger partial charge in [0.1, 0.15) is 11.9 Å². The fraction of sp³-hybridized carbons (Fsp3) is 0.462. The van der Waals surface area contributed by atoms with Gasteiger partial charge in [-0.1, -0.05) is 0 Å². The Hall–Kier alpha value is -1.75. The van der Waals surface area contributed by atoms with Gasteiger partial charge in [-0.15, -0.1) is 0 Å². The molecular formula is C13H16N2O3. The normalized spacial score (nSPS) is 19.3. The Balaban J connectivity index is 2.05. The van der Waals surface area contributed by atoms with Gasteiger partial charge < -0.3 is 19.2 Å². The first-order valence-corrected chi connectivity index (χ1v) is 6.05. The van der Waals surface area contributed by atoms with Crippen LogP contribution in [0.4, 0.5) is 0 Å². The van der Waals surface area contributed by atoms with Gasteiger partial charge in [-0.05, 0) is 12.8 Å². The van der Waals surface area contributed by atoms with E-state index in [1.165, 1.54) is 0 Å². The van der Waals surface area contributed by atoms with Crippen molar-refractivity contribution in [3.63, 3.8) is 0 Å². The summed E-state index contributed by atoms with van der Waals surface area (Å²) in [6.45, 7) is 0.814. The van der Waals surface area contributed by atoms with Gasteiger partial charge in [-0.2, -0.15) is 0 Å². The molecule has 1 aliphatic rings. The number of nitrogens with zero attached hydrogens (tertiary/aromatic N) is 1. The molecule has 0 bridgehead atoms. The van der Waals surface area contributed by atoms with Crippen LogP contribution in [0.25, 0.3) is 11.0 Å². The molecule has 1 aliphatic heterocycles. The number of fused-ring (bicyclic) bond motifs is 1. The largest absolute Gasteiger partial charge is 0.493 e. The van der Waals surface area contributed by atoms with Gasteiger partial charge in [-0.3, -0.25) is 0 Å². The maximum Gasteiger partial charge on any atom is 0.163 e. The number of benzene rings is 1. The Labute approximate surface area is 105 Å². The van der Waals surface area contributed by atoms with Gasteiger partial charge >= 0.3 is 0 Å². The average Bonchev–Trinajstić information content (AvgIpc) is 3.04. The van der Waals surface area contributed by atoms with Crippen molar-refractivity contribution in [3.8, 4) is 11.5 Å². The Bertz CT molecular complexity index is 518. The lowest BCUT2D eigenvalue weighted by atomic mass is 10.2. The van der Waals surface area contributed by atoms with Gasteiger partial charge in [0.05, 0.1) is 25.3 Å². The molecule has 1 unspecified atom stereocenters. The zero-order valence-electron chi connectivity index (χ0n) is 10.5. The van der Waals surface area contributed by atoms with Crippen LogP contribution < -0.4 is 9.47 Å². The number of hydrogen-bond acceptors (Lipinski definition) is 4. The highest BCUT2D eigenvalue weighted by molar-refractivity contribution is 5.79. The molecule has 0 spiro atoms. The van der Waals surface area contributed by atoms with E-state index in [4.69, 9.17) is 14.2 Å². The molecule has 0 amide bonds. The average molecular weight is 248 g/mol. The molecule has 2 heterocycles. The molecular weight excluding hydrogens is 232 g/mol. The summed E-state index contributed by atoms with van der Waals surface area (Å²) >= 11 is 0. The summed E-state index contributed by atoms with van der Waals surface area (Å²) in [6.07, 6.45) is 2.21. The Morgan fingerprint density at radius 3 is 2.72 bits per heavy atom. The predicted octanol–water partition coefficient (Wildman–Crippen LogP) is 2.43. The third-order valence-electron chi connectivity index (χ3n) is 3.24. The highest BCUT2D eigenvalue weighted by atomic mass is 16.5. The first-order valence-electron chi connectivity index (χ1n) is 6.05. The van der Waals surface area contributed by atoms with Crippen LogP contribution >= 0.6 is 0 Å². The summed E-state index contributed by atoms with van der Waals surface area (Å²) in [5.74, 6) is 2.28. The van der Waals surface area contributed by atoms with Crippen molar-refractivity contribution in [2.75, 3.05) is 20.8 Å². The highest BCUT2D eigenvalue weighted by Crippen LogP contribution is 2.33. The molecule has 0 saturated carbocycles. The van der Waals surface area contributed by atoms with Crippen molar-refractivity contribution >= 4 is 11.0 Å². The van der Waals surface area contributed by atoms with Gasteiger partial charge in [-0.25, -0.2) is 4.98 Å². The van der Waals surface area contributed by atoms with Gasteiger partial charge in [0.15, 0.2) is 11.5 Å². The minimum Gasteiger partial charge on any atom is -0.493 e. The molecule has 1 atom stereocenters. The number of imidazole rings is 1. The number of nitrogens with one attached hydrogen (secondary N) is 1. The van der Waals surface area contributed by atoms with Crippen molar-refractivity contribution in [2.24, 2.45) is 0 Å². The third kappa shape index (κ3) is 1.80. The molecule has 96 valence electrons. The van der Waals surface area contributed by atoms with Crippen LogP contribution in [0.5, 0.6) is 11.5 Å². The van der Waals surface area contributed by atoms with Crippen LogP contribution in [0.3, 0.4) is 0 Å². The monoisotopic (exact) mass is 248 g/mol. The maximum atomic E-state index is 5.63. The van der Waals surface area contributed by atoms with Crippen molar-refractivity contribution in [2.45, 2.75) is 18.9 Å². The SMILES string of the molecule is COc1cc2nc(C3CCCO3)[nH]c2cc1OC. The number of ether oxygens (including phenoxy) is 3. The molecule has 5 heteroatoms. The second-order valence-electron chi connectivity index (χ2n) is 4.35. The van der Waals surface area contributed by atoms with E-state index in [-0.39, 0.29) is 6.10 Å². The number of methoxy groups -OCH3 is 2. The molecule has 5 nitrogen and oxygen atoms in total. The zero-order chi connectivity index (χ0) is 12.5. The molecule has 1 fully saturated rings. The topological polar surface area (TPSA) is 56.4 Å². The second kappa shape index (κ2) is 4.49. The summed E-state index contributed by atoms with van der Waals surface area (Å²) in [6, 6.07) is 3.78. The van der Waals surface area contributed by atoms with Crippen molar-refractivity contribution in [1.29, 1.82) is 0 Å². The summed E-state index contributed by atoms with van der Waals surface area (Å²) in [5, 5.41) is 0. The lowest BCUT2D eigenvalue weighted by Crippen LogP contribution is -1.97.